The number of anilines is 1. The Kier molecular flexibility index (Phi) is 4.18. The number of amides is 1. The van der Waals surface area contributed by atoms with E-state index in [0.717, 1.165) is 0 Å². The zero-order chi connectivity index (χ0) is 14.4. The van der Waals surface area contributed by atoms with Gasteiger partial charge in [-0.15, -0.1) is 4.91 Å². The van der Waals surface area contributed by atoms with E-state index in [1.54, 1.807) is 48.7 Å². The first-order chi connectivity index (χ1) is 9.72. The standard InChI is InChI=1S/C14H11N3O3/c18-13(10-5-2-1-3-6-10)12(17-20)14(19)16-11-7-4-8-15-9-11/h1-9,18H,(H,16,19)/b13-12+. The van der Waals surface area contributed by atoms with Crippen LogP contribution < -0.4 is 5.32 Å². The van der Waals surface area contributed by atoms with E-state index in [9.17, 15) is 14.8 Å². The maximum absolute atomic E-state index is 11.9. The van der Waals surface area contributed by atoms with E-state index < -0.39 is 17.4 Å². The van der Waals surface area contributed by atoms with Crippen molar-refractivity contribution in [2.24, 2.45) is 5.18 Å². The summed E-state index contributed by atoms with van der Waals surface area (Å²) < 4.78 is 0. The molecule has 0 atom stereocenters. The quantitative estimate of drug-likeness (QED) is 0.507. The molecule has 1 amide bonds. The van der Waals surface area contributed by atoms with Gasteiger partial charge < -0.3 is 10.4 Å². The van der Waals surface area contributed by atoms with Gasteiger partial charge in [0.1, 0.15) is 0 Å². The van der Waals surface area contributed by atoms with Crippen LogP contribution in [-0.2, 0) is 4.79 Å². The summed E-state index contributed by atoms with van der Waals surface area (Å²) in [6, 6.07) is 11.5. The molecule has 6 heteroatoms. The minimum Gasteiger partial charge on any atom is -0.505 e. The van der Waals surface area contributed by atoms with E-state index in [4.69, 9.17) is 0 Å². The van der Waals surface area contributed by atoms with Gasteiger partial charge >= 0.3 is 0 Å². The largest absolute Gasteiger partial charge is 0.505 e. The predicted molar refractivity (Wildman–Crippen MR) is 74.7 cm³/mol. The molecule has 20 heavy (non-hydrogen) atoms. The Morgan fingerprint density at radius 3 is 2.50 bits per heavy atom. The van der Waals surface area contributed by atoms with Crippen molar-refractivity contribution in [1.29, 1.82) is 0 Å². The summed E-state index contributed by atoms with van der Waals surface area (Å²) >= 11 is 0. The number of nitroso groups, excluding NO2 is 1. The maximum atomic E-state index is 11.9. The highest BCUT2D eigenvalue weighted by atomic mass is 16.3. The molecule has 1 aromatic carbocycles. The lowest BCUT2D eigenvalue weighted by atomic mass is 10.1. The third kappa shape index (κ3) is 3.05. The van der Waals surface area contributed by atoms with Crippen molar-refractivity contribution in [3.8, 4) is 0 Å². The van der Waals surface area contributed by atoms with Crippen molar-refractivity contribution in [3.63, 3.8) is 0 Å². The van der Waals surface area contributed by atoms with Crippen molar-refractivity contribution in [1.82, 2.24) is 4.98 Å². The van der Waals surface area contributed by atoms with Crippen LogP contribution in [0, 0.1) is 4.91 Å². The number of rotatable bonds is 4. The van der Waals surface area contributed by atoms with Crippen molar-refractivity contribution in [3.05, 3.63) is 71.0 Å². The molecule has 100 valence electrons. The molecular formula is C14H11N3O3. The number of hydrogen-bond acceptors (Lipinski definition) is 5. The van der Waals surface area contributed by atoms with Crippen LogP contribution in [-0.4, -0.2) is 16.0 Å². The van der Waals surface area contributed by atoms with Gasteiger partial charge in [0.15, 0.2) is 5.76 Å². The molecule has 0 fully saturated rings. The van der Waals surface area contributed by atoms with Crippen LogP contribution in [0.5, 0.6) is 0 Å². The van der Waals surface area contributed by atoms with Gasteiger partial charge in [0.05, 0.1) is 11.9 Å². The van der Waals surface area contributed by atoms with Crippen LogP contribution in [0.1, 0.15) is 5.56 Å². The van der Waals surface area contributed by atoms with Gasteiger partial charge in [0.25, 0.3) is 5.91 Å². The van der Waals surface area contributed by atoms with Gasteiger partial charge in [0, 0.05) is 11.8 Å². The van der Waals surface area contributed by atoms with Crippen molar-refractivity contribution < 1.29 is 9.90 Å². The number of carbonyl (C=O) groups is 1. The minimum atomic E-state index is -0.797. The van der Waals surface area contributed by atoms with Gasteiger partial charge in [-0.2, -0.15) is 0 Å². The molecule has 0 saturated heterocycles. The molecule has 1 aromatic heterocycles. The fraction of sp³-hybridized carbons (Fsp3) is 0. The number of hydrogen-bond donors (Lipinski definition) is 2. The number of benzene rings is 1. The number of aliphatic hydroxyl groups is 1. The lowest BCUT2D eigenvalue weighted by Crippen LogP contribution is -2.14. The van der Waals surface area contributed by atoms with E-state index in [1.807, 2.05) is 0 Å². The van der Waals surface area contributed by atoms with Crippen molar-refractivity contribution in [2.75, 3.05) is 5.32 Å². The van der Waals surface area contributed by atoms with Gasteiger partial charge in [0.2, 0.25) is 5.70 Å². The molecule has 0 unspecified atom stereocenters. The molecule has 0 bridgehead atoms. The summed E-state index contributed by atoms with van der Waals surface area (Å²) in [7, 11) is 0. The monoisotopic (exact) mass is 269 g/mol. The number of nitrogens with one attached hydrogen (secondary N) is 1. The number of pyridine rings is 1. The fourth-order valence-corrected chi connectivity index (χ4v) is 1.55. The van der Waals surface area contributed by atoms with Crippen molar-refractivity contribution in [2.45, 2.75) is 0 Å². The Bertz CT molecular complexity index is 639. The normalized spacial score (nSPS) is 11.4. The second kappa shape index (κ2) is 6.24. The minimum absolute atomic E-state index is 0.337. The zero-order valence-corrected chi connectivity index (χ0v) is 10.4. The second-order valence-corrected chi connectivity index (χ2v) is 3.85. The smallest absolute Gasteiger partial charge is 0.281 e. The molecule has 2 rings (SSSR count). The Morgan fingerprint density at radius 2 is 1.90 bits per heavy atom. The van der Waals surface area contributed by atoms with Crippen molar-refractivity contribution >= 4 is 17.4 Å². The second-order valence-electron chi connectivity index (χ2n) is 3.85. The first-order valence-corrected chi connectivity index (χ1v) is 5.76. The van der Waals surface area contributed by atoms with Crippen LogP contribution in [0.4, 0.5) is 5.69 Å². The number of aliphatic hydroxyl groups excluding tert-OH is 1. The Morgan fingerprint density at radius 1 is 1.15 bits per heavy atom. The van der Waals surface area contributed by atoms with Gasteiger partial charge in [-0.25, -0.2) is 0 Å². The summed E-state index contributed by atoms with van der Waals surface area (Å²) in [6.07, 6.45) is 2.96. The Hall–Kier alpha value is -3.02. The third-order valence-electron chi connectivity index (χ3n) is 2.50. The Labute approximate surface area is 114 Å². The van der Waals surface area contributed by atoms with E-state index in [1.165, 1.54) is 6.20 Å². The lowest BCUT2D eigenvalue weighted by molar-refractivity contribution is -0.112. The molecular weight excluding hydrogens is 258 g/mol. The molecule has 0 aliphatic heterocycles. The van der Waals surface area contributed by atoms with E-state index in [2.05, 4.69) is 15.5 Å². The average Bonchev–Trinajstić information content (AvgIpc) is 2.49. The summed E-state index contributed by atoms with van der Waals surface area (Å²) in [5.41, 5.74) is 0.156. The number of carbonyl (C=O) groups excluding carboxylic acids is 1. The predicted octanol–water partition coefficient (Wildman–Crippen LogP) is 2.71. The number of nitrogens with zero attached hydrogens (tertiary/aromatic N) is 2. The number of aromatic nitrogens is 1. The summed E-state index contributed by atoms with van der Waals surface area (Å²) in [6.45, 7) is 0. The third-order valence-corrected chi connectivity index (χ3v) is 2.50. The highest BCUT2D eigenvalue weighted by molar-refractivity contribution is 6.07. The average molecular weight is 269 g/mol. The molecule has 0 radical (unpaired) electrons. The molecule has 0 aliphatic carbocycles. The van der Waals surface area contributed by atoms with Gasteiger partial charge in [-0.1, -0.05) is 30.3 Å². The van der Waals surface area contributed by atoms with Crippen LogP contribution in [0.2, 0.25) is 0 Å². The molecule has 2 N–H and O–H groups in total. The molecule has 0 saturated carbocycles. The highest BCUT2D eigenvalue weighted by Gasteiger charge is 2.18. The van der Waals surface area contributed by atoms with Gasteiger partial charge in [-0.3, -0.25) is 9.78 Å². The van der Waals surface area contributed by atoms with Crippen LogP contribution in [0.15, 0.2) is 65.7 Å². The van der Waals surface area contributed by atoms with E-state index in [-0.39, 0.29) is 0 Å². The summed E-state index contributed by atoms with van der Waals surface area (Å²) in [4.78, 5) is 26.5. The van der Waals surface area contributed by atoms with Crippen LogP contribution in [0.25, 0.3) is 5.76 Å². The van der Waals surface area contributed by atoms with Crippen LogP contribution >= 0.6 is 0 Å². The van der Waals surface area contributed by atoms with E-state index in [0.29, 0.717) is 11.3 Å². The SMILES string of the molecule is O=N/C(C(=O)Nc1cccnc1)=C(/O)c1ccccc1. The summed E-state index contributed by atoms with van der Waals surface area (Å²) in [5.74, 6) is -1.27. The fourth-order valence-electron chi connectivity index (χ4n) is 1.55. The molecule has 6 nitrogen and oxygen atoms in total. The maximum Gasteiger partial charge on any atom is 0.281 e. The zero-order valence-electron chi connectivity index (χ0n) is 10.4. The van der Waals surface area contributed by atoms with Crippen LogP contribution in [0.3, 0.4) is 0 Å². The van der Waals surface area contributed by atoms with Gasteiger partial charge in [-0.05, 0) is 17.3 Å². The Balaban J connectivity index is 2.28. The molecule has 0 aliphatic rings. The first kappa shape index (κ1) is 13.4. The molecule has 1 heterocycles. The molecule has 0 spiro atoms. The highest BCUT2D eigenvalue weighted by Crippen LogP contribution is 2.18. The first-order valence-electron chi connectivity index (χ1n) is 5.76. The van der Waals surface area contributed by atoms with E-state index >= 15 is 0 Å². The lowest BCUT2D eigenvalue weighted by Gasteiger charge is -2.05. The topological polar surface area (TPSA) is 91.7 Å². The summed E-state index contributed by atoms with van der Waals surface area (Å²) in [5, 5.41) is 15.0. The molecule has 2 aromatic rings.